The Bertz CT molecular complexity index is 397. The summed E-state index contributed by atoms with van der Waals surface area (Å²) in [4.78, 5) is 14.2. The SMILES string of the molecule is CCN(CC)C(=O)c1cc(C)nn1C(C)(C)C. The first kappa shape index (κ1) is 13.7. The van der Waals surface area contributed by atoms with E-state index in [0.717, 1.165) is 18.8 Å². The zero-order valence-electron chi connectivity index (χ0n) is 11.7. The molecule has 1 aromatic rings. The third-order valence-electron chi connectivity index (χ3n) is 2.74. The van der Waals surface area contributed by atoms with Gasteiger partial charge in [0, 0.05) is 13.1 Å². The number of hydrogen-bond acceptors (Lipinski definition) is 2. The van der Waals surface area contributed by atoms with E-state index in [9.17, 15) is 4.79 Å². The van der Waals surface area contributed by atoms with Gasteiger partial charge in [0.05, 0.1) is 11.2 Å². The third kappa shape index (κ3) is 2.87. The van der Waals surface area contributed by atoms with Crippen molar-refractivity contribution in [2.45, 2.75) is 47.1 Å². The van der Waals surface area contributed by atoms with Crippen LogP contribution in [0, 0.1) is 6.92 Å². The van der Waals surface area contributed by atoms with Crippen molar-refractivity contribution in [2.24, 2.45) is 0 Å². The standard InChI is InChI=1S/C13H23N3O/c1-7-15(8-2)12(17)11-9-10(3)14-16(11)13(4,5)6/h9H,7-8H2,1-6H3. The molecule has 0 atom stereocenters. The van der Waals surface area contributed by atoms with Gasteiger partial charge >= 0.3 is 0 Å². The van der Waals surface area contributed by atoms with E-state index >= 15 is 0 Å². The molecule has 1 amide bonds. The summed E-state index contributed by atoms with van der Waals surface area (Å²) in [6, 6.07) is 1.87. The first-order valence-corrected chi connectivity index (χ1v) is 6.17. The molecule has 0 fully saturated rings. The number of carbonyl (C=O) groups is 1. The highest BCUT2D eigenvalue weighted by atomic mass is 16.2. The van der Waals surface area contributed by atoms with Gasteiger partial charge in [-0.15, -0.1) is 0 Å². The Balaban J connectivity index is 3.18. The Morgan fingerprint density at radius 1 is 1.35 bits per heavy atom. The second-order valence-corrected chi connectivity index (χ2v) is 5.23. The lowest BCUT2D eigenvalue weighted by molar-refractivity contribution is 0.0752. The number of carbonyl (C=O) groups excluding carboxylic acids is 1. The van der Waals surface area contributed by atoms with E-state index in [4.69, 9.17) is 0 Å². The highest BCUT2D eigenvalue weighted by molar-refractivity contribution is 5.92. The highest BCUT2D eigenvalue weighted by Crippen LogP contribution is 2.18. The van der Waals surface area contributed by atoms with Crippen molar-refractivity contribution < 1.29 is 4.79 Å². The van der Waals surface area contributed by atoms with Crippen LogP contribution in [0.5, 0.6) is 0 Å². The lowest BCUT2D eigenvalue weighted by atomic mass is 10.1. The molecule has 96 valence electrons. The van der Waals surface area contributed by atoms with Crippen molar-refractivity contribution in [3.63, 3.8) is 0 Å². The van der Waals surface area contributed by atoms with Crippen LogP contribution in [-0.4, -0.2) is 33.7 Å². The molecule has 4 nitrogen and oxygen atoms in total. The second kappa shape index (κ2) is 4.90. The Morgan fingerprint density at radius 2 is 1.88 bits per heavy atom. The summed E-state index contributed by atoms with van der Waals surface area (Å²) in [6.07, 6.45) is 0. The van der Waals surface area contributed by atoms with E-state index in [0.29, 0.717) is 5.69 Å². The minimum Gasteiger partial charge on any atom is -0.338 e. The number of aryl methyl sites for hydroxylation is 1. The van der Waals surface area contributed by atoms with Crippen molar-refractivity contribution in [2.75, 3.05) is 13.1 Å². The minimum atomic E-state index is -0.174. The molecule has 0 aliphatic rings. The maximum Gasteiger partial charge on any atom is 0.272 e. The summed E-state index contributed by atoms with van der Waals surface area (Å²) in [5, 5.41) is 4.42. The van der Waals surface area contributed by atoms with Crippen LogP contribution >= 0.6 is 0 Å². The molecule has 0 aromatic carbocycles. The Labute approximate surface area is 104 Å². The van der Waals surface area contributed by atoms with Crippen molar-refractivity contribution in [3.8, 4) is 0 Å². The van der Waals surface area contributed by atoms with Gasteiger partial charge in [-0.25, -0.2) is 0 Å². The monoisotopic (exact) mass is 237 g/mol. The summed E-state index contributed by atoms with van der Waals surface area (Å²) >= 11 is 0. The van der Waals surface area contributed by atoms with E-state index in [1.165, 1.54) is 0 Å². The molecule has 0 unspecified atom stereocenters. The van der Waals surface area contributed by atoms with E-state index < -0.39 is 0 Å². The third-order valence-corrected chi connectivity index (χ3v) is 2.74. The first-order valence-electron chi connectivity index (χ1n) is 6.17. The summed E-state index contributed by atoms with van der Waals surface area (Å²) in [6.45, 7) is 13.5. The topological polar surface area (TPSA) is 38.1 Å². The van der Waals surface area contributed by atoms with Gasteiger partial charge in [0.25, 0.3) is 5.91 Å². The molecule has 1 rings (SSSR count). The van der Waals surface area contributed by atoms with Crippen molar-refractivity contribution in [3.05, 3.63) is 17.5 Å². The molecule has 4 heteroatoms. The molecule has 0 aliphatic heterocycles. The van der Waals surface area contributed by atoms with Gasteiger partial charge in [-0.05, 0) is 47.6 Å². The molecule has 1 aromatic heterocycles. The van der Waals surface area contributed by atoms with Gasteiger partial charge in [-0.1, -0.05) is 0 Å². The lowest BCUT2D eigenvalue weighted by Gasteiger charge is -2.25. The van der Waals surface area contributed by atoms with E-state index in [1.807, 2.05) is 36.4 Å². The molecule has 0 spiro atoms. The van der Waals surface area contributed by atoms with E-state index in [2.05, 4.69) is 25.9 Å². The fraction of sp³-hybridized carbons (Fsp3) is 0.692. The van der Waals surface area contributed by atoms with Crippen LogP contribution in [0.3, 0.4) is 0 Å². The van der Waals surface area contributed by atoms with Crippen LogP contribution in [0.15, 0.2) is 6.07 Å². The molecule has 0 saturated carbocycles. The Hall–Kier alpha value is -1.32. The van der Waals surface area contributed by atoms with Crippen LogP contribution in [0.2, 0.25) is 0 Å². The van der Waals surface area contributed by atoms with E-state index in [-0.39, 0.29) is 11.4 Å². The molecule has 0 aliphatic carbocycles. The first-order chi connectivity index (χ1) is 7.81. The predicted molar refractivity (Wildman–Crippen MR) is 69.2 cm³/mol. The Kier molecular flexibility index (Phi) is 3.96. The smallest absolute Gasteiger partial charge is 0.272 e. The summed E-state index contributed by atoms with van der Waals surface area (Å²) in [5.74, 6) is 0.0607. The van der Waals surface area contributed by atoms with Gasteiger partial charge in [-0.3, -0.25) is 9.48 Å². The fourth-order valence-electron chi connectivity index (χ4n) is 1.84. The predicted octanol–water partition coefficient (Wildman–Crippen LogP) is 2.43. The number of hydrogen-bond donors (Lipinski definition) is 0. The largest absolute Gasteiger partial charge is 0.338 e. The molecule has 1 heterocycles. The number of aromatic nitrogens is 2. The van der Waals surface area contributed by atoms with Crippen LogP contribution in [0.4, 0.5) is 0 Å². The average Bonchev–Trinajstić information content (AvgIpc) is 2.61. The summed E-state index contributed by atoms with van der Waals surface area (Å²) in [5.41, 5.74) is 1.39. The van der Waals surface area contributed by atoms with Gasteiger partial charge in [-0.2, -0.15) is 5.10 Å². The number of nitrogens with zero attached hydrogens (tertiary/aromatic N) is 3. The van der Waals surface area contributed by atoms with E-state index in [1.54, 1.807) is 0 Å². The van der Waals surface area contributed by atoms with Gasteiger partial charge in [0.1, 0.15) is 5.69 Å². The van der Waals surface area contributed by atoms with Crippen LogP contribution in [0.1, 0.15) is 50.8 Å². The highest BCUT2D eigenvalue weighted by Gasteiger charge is 2.24. The average molecular weight is 237 g/mol. The molecule has 0 radical (unpaired) electrons. The molecular weight excluding hydrogens is 214 g/mol. The minimum absolute atomic E-state index is 0.0607. The van der Waals surface area contributed by atoms with Gasteiger partial charge < -0.3 is 4.90 Å². The van der Waals surface area contributed by atoms with Crippen LogP contribution in [0.25, 0.3) is 0 Å². The molecule has 0 saturated heterocycles. The van der Waals surface area contributed by atoms with Gasteiger partial charge in [0.2, 0.25) is 0 Å². The fourth-order valence-corrected chi connectivity index (χ4v) is 1.84. The summed E-state index contributed by atoms with van der Waals surface area (Å²) in [7, 11) is 0. The molecule has 0 N–H and O–H groups in total. The van der Waals surface area contributed by atoms with Crippen LogP contribution in [-0.2, 0) is 5.54 Å². The van der Waals surface area contributed by atoms with Crippen molar-refractivity contribution >= 4 is 5.91 Å². The van der Waals surface area contributed by atoms with Crippen LogP contribution < -0.4 is 0 Å². The zero-order chi connectivity index (χ0) is 13.2. The second-order valence-electron chi connectivity index (χ2n) is 5.23. The normalized spacial score (nSPS) is 11.6. The maximum atomic E-state index is 12.4. The van der Waals surface area contributed by atoms with Gasteiger partial charge in [0.15, 0.2) is 0 Å². The zero-order valence-corrected chi connectivity index (χ0v) is 11.7. The Morgan fingerprint density at radius 3 is 2.29 bits per heavy atom. The maximum absolute atomic E-state index is 12.4. The number of amides is 1. The summed E-state index contributed by atoms with van der Waals surface area (Å²) < 4.78 is 1.82. The molecular formula is C13H23N3O. The molecule has 17 heavy (non-hydrogen) atoms. The van der Waals surface area contributed by atoms with Crippen molar-refractivity contribution in [1.29, 1.82) is 0 Å². The quantitative estimate of drug-likeness (QED) is 0.809. The number of rotatable bonds is 3. The van der Waals surface area contributed by atoms with Crippen molar-refractivity contribution in [1.82, 2.24) is 14.7 Å². The molecule has 0 bridgehead atoms. The lowest BCUT2D eigenvalue weighted by Crippen LogP contribution is -2.35.